The Hall–Kier alpha value is -2.62. The Kier molecular flexibility index (Phi) is 7.43. The molecule has 10 heteroatoms. The Bertz CT molecular complexity index is 1260. The molecule has 0 saturated heterocycles. The number of amides is 1. The number of aliphatic hydroxyl groups is 1. The van der Waals surface area contributed by atoms with E-state index >= 15 is 0 Å². The summed E-state index contributed by atoms with van der Waals surface area (Å²) in [4.78, 5) is 12.3. The molecule has 0 spiro atoms. The first-order chi connectivity index (χ1) is 15.0. The highest BCUT2D eigenvalue weighted by Crippen LogP contribution is 2.33. The van der Waals surface area contributed by atoms with E-state index in [-0.39, 0.29) is 17.3 Å². The Morgan fingerprint density at radius 1 is 1.09 bits per heavy atom. The maximum atomic E-state index is 12.4. The van der Waals surface area contributed by atoms with Crippen molar-refractivity contribution in [3.63, 3.8) is 0 Å². The Labute approximate surface area is 195 Å². The van der Waals surface area contributed by atoms with Gasteiger partial charge in [0.05, 0.1) is 4.90 Å². The molecule has 0 bridgehead atoms. The van der Waals surface area contributed by atoms with Crippen LogP contribution in [-0.2, 0) is 14.8 Å². The number of aliphatic hydroxyl groups excluding tert-OH is 1. The fourth-order valence-corrected chi connectivity index (χ4v) is 3.98. The molecule has 0 fully saturated rings. The number of nitrogens with one attached hydrogen (secondary N) is 1. The van der Waals surface area contributed by atoms with Crippen LogP contribution in [0.25, 0.3) is 0 Å². The number of benzene rings is 3. The summed E-state index contributed by atoms with van der Waals surface area (Å²) >= 11 is 12.1. The number of carbonyl (C=O) groups is 1. The Morgan fingerprint density at radius 2 is 1.81 bits per heavy atom. The number of carbonyl (C=O) groups excluding carboxylic acids is 1. The summed E-state index contributed by atoms with van der Waals surface area (Å²) in [5.41, 5.74) is 1.86. The van der Waals surface area contributed by atoms with Gasteiger partial charge in [-0.2, -0.15) is 0 Å². The molecule has 4 N–H and O–H groups in total. The zero-order valence-electron chi connectivity index (χ0n) is 16.9. The molecule has 7 nitrogen and oxygen atoms in total. The molecule has 0 radical (unpaired) electrons. The van der Waals surface area contributed by atoms with Crippen LogP contribution < -0.4 is 15.2 Å². The number of anilines is 1. The van der Waals surface area contributed by atoms with E-state index in [9.17, 15) is 18.3 Å². The number of halogens is 2. The highest BCUT2D eigenvalue weighted by molar-refractivity contribution is 7.89. The van der Waals surface area contributed by atoms with Gasteiger partial charge < -0.3 is 15.2 Å². The standard InChI is InChI=1S/C22H20Cl2N2O5S/c1-13-9-17(32(25,29)30)6-7-19(13)26-21(27)12-31-20-8-5-16(24)11-18(20)22(28)14-3-2-4-15(23)10-14/h2-11,22,28H,12H2,1H3,(H,26,27)(H2,25,29,30). The van der Waals surface area contributed by atoms with Crippen molar-refractivity contribution in [2.45, 2.75) is 17.9 Å². The first kappa shape index (κ1) is 24.0. The van der Waals surface area contributed by atoms with E-state index in [2.05, 4.69) is 5.32 Å². The number of aryl methyl sites for hydroxylation is 1. The molecule has 1 atom stereocenters. The van der Waals surface area contributed by atoms with E-state index < -0.39 is 22.0 Å². The van der Waals surface area contributed by atoms with Gasteiger partial charge in [0.15, 0.2) is 6.61 Å². The van der Waals surface area contributed by atoms with E-state index in [4.69, 9.17) is 33.1 Å². The molecule has 0 saturated carbocycles. The number of primary sulfonamides is 1. The van der Waals surface area contributed by atoms with Crippen LogP contribution in [0.3, 0.4) is 0 Å². The van der Waals surface area contributed by atoms with Gasteiger partial charge in [-0.15, -0.1) is 0 Å². The normalized spacial score (nSPS) is 12.3. The SMILES string of the molecule is Cc1cc(S(N)(=O)=O)ccc1NC(=O)COc1ccc(Cl)cc1C(O)c1cccc(Cl)c1. The molecule has 0 aliphatic carbocycles. The number of hydrogen-bond acceptors (Lipinski definition) is 5. The second-order valence-electron chi connectivity index (χ2n) is 7.00. The summed E-state index contributed by atoms with van der Waals surface area (Å²) in [5.74, 6) is -0.201. The van der Waals surface area contributed by atoms with Gasteiger partial charge in [-0.1, -0.05) is 35.3 Å². The van der Waals surface area contributed by atoms with Crippen LogP contribution in [0.1, 0.15) is 22.8 Å². The lowest BCUT2D eigenvalue weighted by molar-refractivity contribution is -0.118. The van der Waals surface area contributed by atoms with Crippen LogP contribution in [0.5, 0.6) is 5.75 Å². The molecule has 0 aliphatic rings. The average molecular weight is 495 g/mol. The lowest BCUT2D eigenvalue weighted by Crippen LogP contribution is -2.21. The van der Waals surface area contributed by atoms with Crippen molar-refractivity contribution in [1.82, 2.24) is 0 Å². The summed E-state index contributed by atoms with van der Waals surface area (Å²) in [5, 5.41) is 19.4. The van der Waals surface area contributed by atoms with Crippen molar-refractivity contribution in [1.29, 1.82) is 0 Å². The van der Waals surface area contributed by atoms with Gasteiger partial charge in [-0.05, 0) is 66.6 Å². The maximum absolute atomic E-state index is 12.4. The molecule has 3 aromatic carbocycles. The second-order valence-corrected chi connectivity index (χ2v) is 9.43. The quantitative estimate of drug-likeness (QED) is 0.457. The highest BCUT2D eigenvalue weighted by Gasteiger charge is 2.18. The van der Waals surface area contributed by atoms with Gasteiger partial charge >= 0.3 is 0 Å². The molecule has 32 heavy (non-hydrogen) atoms. The van der Waals surface area contributed by atoms with Gasteiger partial charge in [0.2, 0.25) is 10.0 Å². The van der Waals surface area contributed by atoms with E-state index in [0.717, 1.165) is 0 Å². The minimum Gasteiger partial charge on any atom is -0.483 e. The van der Waals surface area contributed by atoms with Gasteiger partial charge in [-0.3, -0.25) is 4.79 Å². The Morgan fingerprint density at radius 3 is 2.47 bits per heavy atom. The minimum atomic E-state index is -3.84. The zero-order chi connectivity index (χ0) is 23.5. The first-order valence-corrected chi connectivity index (χ1v) is 11.6. The second kappa shape index (κ2) is 9.89. The predicted molar refractivity (Wildman–Crippen MR) is 124 cm³/mol. The van der Waals surface area contributed by atoms with Gasteiger partial charge in [0, 0.05) is 21.3 Å². The molecule has 3 aromatic rings. The molecule has 1 amide bonds. The van der Waals surface area contributed by atoms with Crippen LogP contribution in [-0.4, -0.2) is 26.0 Å². The van der Waals surface area contributed by atoms with Crippen molar-refractivity contribution in [3.05, 3.63) is 87.4 Å². The largest absolute Gasteiger partial charge is 0.483 e. The minimum absolute atomic E-state index is 0.0509. The van der Waals surface area contributed by atoms with Crippen molar-refractivity contribution < 1.29 is 23.1 Å². The summed E-state index contributed by atoms with van der Waals surface area (Å²) in [6.45, 7) is 1.29. The zero-order valence-corrected chi connectivity index (χ0v) is 19.2. The molecular formula is C22H20Cl2N2O5S. The van der Waals surface area contributed by atoms with E-state index in [1.54, 1.807) is 49.4 Å². The summed E-state index contributed by atoms with van der Waals surface area (Å²) in [6, 6.07) is 15.5. The fraction of sp³-hybridized carbons (Fsp3) is 0.136. The first-order valence-electron chi connectivity index (χ1n) is 9.33. The Balaban J connectivity index is 1.74. The van der Waals surface area contributed by atoms with Crippen molar-refractivity contribution in [2.75, 3.05) is 11.9 Å². The van der Waals surface area contributed by atoms with Crippen LogP contribution in [0.15, 0.2) is 65.6 Å². The van der Waals surface area contributed by atoms with Crippen LogP contribution in [0, 0.1) is 6.92 Å². The molecular weight excluding hydrogens is 475 g/mol. The molecule has 0 heterocycles. The lowest BCUT2D eigenvalue weighted by Gasteiger charge is -2.17. The summed E-state index contributed by atoms with van der Waals surface area (Å²) < 4.78 is 28.5. The van der Waals surface area contributed by atoms with E-state index in [1.165, 1.54) is 18.2 Å². The van der Waals surface area contributed by atoms with Gasteiger partial charge in [0.25, 0.3) is 5.91 Å². The molecule has 1 unspecified atom stereocenters. The molecule has 0 aliphatic heterocycles. The third-order valence-electron chi connectivity index (χ3n) is 4.59. The maximum Gasteiger partial charge on any atom is 0.262 e. The molecule has 0 aromatic heterocycles. The van der Waals surface area contributed by atoms with Crippen LogP contribution in [0.4, 0.5) is 5.69 Å². The monoisotopic (exact) mass is 494 g/mol. The third-order valence-corrected chi connectivity index (χ3v) is 5.97. The van der Waals surface area contributed by atoms with Gasteiger partial charge in [0.1, 0.15) is 11.9 Å². The average Bonchev–Trinajstić information content (AvgIpc) is 2.73. The number of sulfonamides is 1. The predicted octanol–water partition coefficient (Wildman–Crippen LogP) is 4.05. The summed E-state index contributed by atoms with van der Waals surface area (Å²) in [6.07, 6.45) is -1.07. The van der Waals surface area contributed by atoms with E-state index in [0.29, 0.717) is 32.4 Å². The van der Waals surface area contributed by atoms with Crippen molar-refractivity contribution in [2.24, 2.45) is 5.14 Å². The topological polar surface area (TPSA) is 119 Å². The number of rotatable bonds is 7. The lowest BCUT2D eigenvalue weighted by atomic mass is 10.0. The molecule has 168 valence electrons. The van der Waals surface area contributed by atoms with Crippen LogP contribution >= 0.6 is 23.2 Å². The van der Waals surface area contributed by atoms with Crippen LogP contribution in [0.2, 0.25) is 10.0 Å². The third kappa shape index (κ3) is 5.99. The van der Waals surface area contributed by atoms with Crippen molar-refractivity contribution in [3.8, 4) is 5.75 Å². The summed E-state index contributed by atoms with van der Waals surface area (Å²) in [7, 11) is -3.84. The number of nitrogens with two attached hydrogens (primary N) is 1. The number of hydrogen-bond donors (Lipinski definition) is 3. The molecule has 3 rings (SSSR count). The smallest absolute Gasteiger partial charge is 0.262 e. The van der Waals surface area contributed by atoms with Crippen molar-refractivity contribution >= 4 is 44.8 Å². The van der Waals surface area contributed by atoms with Gasteiger partial charge in [-0.25, -0.2) is 13.6 Å². The highest BCUT2D eigenvalue weighted by atomic mass is 35.5. The van der Waals surface area contributed by atoms with E-state index in [1.807, 2.05) is 0 Å². The number of ether oxygens (including phenoxy) is 1. The fourth-order valence-electron chi connectivity index (χ4n) is 3.00.